The Balaban J connectivity index is 1.90. The van der Waals surface area contributed by atoms with Gasteiger partial charge in [0.25, 0.3) is 11.8 Å². The molecule has 0 radical (unpaired) electrons. The second kappa shape index (κ2) is 5.85. The van der Waals surface area contributed by atoms with E-state index in [1.165, 1.54) is 0 Å². The molecule has 2 heterocycles. The summed E-state index contributed by atoms with van der Waals surface area (Å²) in [6.45, 7) is 3.58. The van der Waals surface area contributed by atoms with Crippen molar-refractivity contribution >= 4 is 5.95 Å². The Labute approximate surface area is 123 Å². The van der Waals surface area contributed by atoms with E-state index in [2.05, 4.69) is 26.3 Å². The predicted octanol–water partition coefficient (Wildman–Crippen LogP) is 1.14. The Bertz CT molecular complexity index is 669. The van der Waals surface area contributed by atoms with Crippen molar-refractivity contribution in [1.82, 2.24) is 15.5 Å². The first-order valence-corrected chi connectivity index (χ1v) is 6.76. The number of methoxy groups -OCH3 is 1. The fourth-order valence-electron chi connectivity index (χ4n) is 2.28. The molecule has 1 aliphatic heterocycles. The van der Waals surface area contributed by atoms with Gasteiger partial charge in [0, 0.05) is 31.7 Å². The molecule has 1 N–H and O–H groups in total. The van der Waals surface area contributed by atoms with Crippen LogP contribution in [-0.4, -0.2) is 43.4 Å². The van der Waals surface area contributed by atoms with E-state index in [-0.39, 0.29) is 0 Å². The van der Waals surface area contributed by atoms with Gasteiger partial charge in [-0.1, -0.05) is 5.92 Å². The monoisotopic (exact) mass is 284 g/mol. The van der Waals surface area contributed by atoms with Crippen LogP contribution >= 0.6 is 0 Å². The number of nitrogens with zero attached hydrogens (tertiary/aromatic N) is 3. The zero-order chi connectivity index (χ0) is 14.7. The number of rotatable bonds is 3. The highest BCUT2D eigenvalue weighted by Gasteiger charge is 2.19. The molecule has 21 heavy (non-hydrogen) atoms. The van der Waals surface area contributed by atoms with Gasteiger partial charge in [-0.25, -0.2) is 0 Å². The fraction of sp³-hybridized carbons (Fsp3) is 0.333. The Morgan fingerprint density at radius 1 is 1.38 bits per heavy atom. The van der Waals surface area contributed by atoms with Gasteiger partial charge in [0.1, 0.15) is 5.75 Å². The molecule has 6 nitrogen and oxygen atoms in total. The van der Waals surface area contributed by atoms with Crippen molar-refractivity contribution in [2.24, 2.45) is 0 Å². The molecule has 1 aliphatic rings. The number of ether oxygens (including phenoxy) is 1. The van der Waals surface area contributed by atoms with E-state index in [1.807, 2.05) is 12.1 Å². The van der Waals surface area contributed by atoms with Crippen molar-refractivity contribution < 1.29 is 9.26 Å². The molecule has 0 saturated carbocycles. The fourth-order valence-corrected chi connectivity index (χ4v) is 2.28. The standard InChI is InChI=1S/C15H16N4O2/c1-3-11-4-5-12(13(10-11)20-2)14-17-15(18-21-14)19-8-6-16-7-9-19/h1,4-5,10,16H,6-9H2,2H3. The smallest absolute Gasteiger partial charge is 0.266 e. The highest BCUT2D eigenvalue weighted by molar-refractivity contribution is 5.65. The van der Waals surface area contributed by atoms with Gasteiger partial charge in [-0.15, -0.1) is 6.42 Å². The van der Waals surface area contributed by atoms with Crippen LogP contribution in [0, 0.1) is 12.3 Å². The predicted molar refractivity (Wildman–Crippen MR) is 79.3 cm³/mol. The van der Waals surface area contributed by atoms with E-state index in [4.69, 9.17) is 15.7 Å². The number of hydrogen-bond acceptors (Lipinski definition) is 6. The zero-order valence-electron chi connectivity index (χ0n) is 11.8. The summed E-state index contributed by atoms with van der Waals surface area (Å²) >= 11 is 0. The minimum Gasteiger partial charge on any atom is -0.496 e. The third-order valence-corrected chi connectivity index (χ3v) is 3.41. The number of nitrogens with one attached hydrogen (secondary N) is 1. The SMILES string of the molecule is C#Cc1ccc(-c2nc(N3CCNCC3)no2)c(OC)c1. The summed E-state index contributed by atoms with van der Waals surface area (Å²) in [7, 11) is 1.59. The molecule has 0 aliphatic carbocycles. The van der Waals surface area contributed by atoms with Crippen LogP contribution < -0.4 is 15.0 Å². The summed E-state index contributed by atoms with van der Waals surface area (Å²) in [5.41, 5.74) is 1.49. The Morgan fingerprint density at radius 3 is 2.90 bits per heavy atom. The average Bonchev–Trinajstić information content (AvgIpc) is 3.04. The van der Waals surface area contributed by atoms with Crippen LogP contribution in [0.4, 0.5) is 5.95 Å². The number of piperazine rings is 1. The third kappa shape index (κ3) is 2.69. The van der Waals surface area contributed by atoms with Gasteiger partial charge in [0.15, 0.2) is 0 Å². The van der Waals surface area contributed by atoms with Crippen molar-refractivity contribution in [3.8, 4) is 29.5 Å². The van der Waals surface area contributed by atoms with E-state index in [1.54, 1.807) is 13.2 Å². The lowest BCUT2D eigenvalue weighted by atomic mass is 10.1. The first kappa shape index (κ1) is 13.5. The van der Waals surface area contributed by atoms with Crippen molar-refractivity contribution in [3.05, 3.63) is 23.8 Å². The largest absolute Gasteiger partial charge is 0.496 e. The summed E-state index contributed by atoms with van der Waals surface area (Å²) in [6, 6.07) is 5.44. The second-order valence-corrected chi connectivity index (χ2v) is 4.70. The second-order valence-electron chi connectivity index (χ2n) is 4.70. The van der Waals surface area contributed by atoms with Crippen LogP contribution in [0.5, 0.6) is 5.75 Å². The molecule has 3 rings (SSSR count). The minimum atomic E-state index is 0.434. The van der Waals surface area contributed by atoms with E-state index in [0.29, 0.717) is 17.6 Å². The van der Waals surface area contributed by atoms with Gasteiger partial charge in [-0.2, -0.15) is 4.98 Å². The lowest BCUT2D eigenvalue weighted by Gasteiger charge is -2.25. The van der Waals surface area contributed by atoms with Gasteiger partial charge in [0.2, 0.25) is 0 Å². The van der Waals surface area contributed by atoms with Gasteiger partial charge >= 0.3 is 0 Å². The van der Waals surface area contributed by atoms with Crippen molar-refractivity contribution in [2.75, 3.05) is 38.2 Å². The van der Waals surface area contributed by atoms with Crippen LogP contribution in [-0.2, 0) is 0 Å². The maximum Gasteiger partial charge on any atom is 0.266 e. The highest BCUT2D eigenvalue weighted by Crippen LogP contribution is 2.30. The zero-order valence-corrected chi connectivity index (χ0v) is 11.8. The van der Waals surface area contributed by atoms with Gasteiger partial charge in [-0.3, -0.25) is 0 Å². The van der Waals surface area contributed by atoms with Crippen molar-refractivity contribution in [2.45, 2.75) is 0 Å². The Hall–Kier alpha value is -2.52. The van der Waals surface area contributed by atoms with Crippen LogP contribution in [0.1, 0.15) is 5.56 Å². The lowest BCUT2D eigenvalue weighted by molar-refractivity contribution is 0.404. The number of hydrogen-bond donors (Lipinski definition) is 1. The maximum absolute atomic E-state index is 5.39. The third-order valence-electron chi connectivity index (χ3n) is 3.41. The van der Waals surface area contributed by atoms with E-state index in [9.17, 15) is 0 Å². The van der Waals surface area contributed by atoms with Crippen LogP contribution in [0.25, 0.3) is 11.5 Å². The average molecular weight is 284 g/mol. The van der Waals surface area contributed by atoms with E-state index >= 15 is 0 Å². The van der Waals surface area contributed by atoms with Gasteiger partial charge in [0.05, 0.1) is 12.7 Å². The number of anilines is 1. The maximum atomic E-state index is 5.39. The molecule has 0 atom stereocenters. The molecule has 1 fully saturated rings. The highest BCUT2D eigenvalue weighted by atomic mass is 16.5. The molecular formula is C15H16N4O2. The van der Waals surface area contributed by atoms with Crippen LogP contribution in [0.2, 0.25) is 0 Å². The Kier molecular flexibility index (Phi) is 3.75. The summed E-state index contributed by atoms with van der Waals surface area (Å²) in [5.74, 6) is 4.24. The van der Waals surface area contributed by atoms with Crippen molar-refractivity contribution in [1.29, 1.82) is 0 Å². The molecule has 0 amide bonds. The first-order valence-electron chi connectivity index (χ1n) is 6.76. The Morgan fingerprint density at radius 2 is 2.19 bits per heavy atom. The van der Waals surface area contributed by atoms with Gasteiger partial charge < -0.3 is 19.5 Å². The first-order chi connectivity index (χ1) is 10.3. The normalized spacial score (nSPS) is 14.8. The molecule has 0 spiro atoms. The number of terminal acetylenes is 1. The number of benzene rings is 1. The minimum absolute atomic E-state index is 0.434. The van der Waals surface area contributed by atoms with E-state index in [0.717, 1.165) is 37.3 Å². The summed E-state index contributed by atoms with van der Waals surface area (Å²) < 4.78 is 10.7. The quantitative estimate of drug-likeness (QED) is 0.853. The number of aromatic nitrogens is 2. The molecule has 0 unspecified atom stereocenters. The molecule has 1 aromatic carbocycles. The van der Waals surface area contributed by atoms with Crippen LogP contribution in [0.15, 0.2) is 22.7 Å². The molecule has 1 saturated heterocycles. The summed E-state index contributed by atoms with van der Waals surface area (Å²) in [4.78, 5) is 6.55. The van der Waals surface area contributed by atoms with Crippen LogP contribution in [0.3, 0.4) is 0 Å². The van der Waals surface area contributed by atoms with Crippen molar-refractivity contribution in [3.63, 3.8) is 0 Å². The lowest BCUT2D eigenvalue weighted by Crippen LogP contribution is -2.44. The molecule has 0 bridgehead atoms. The molecule has 6 heteroatoms. The molecule has 1 aromatic heterocycles. The summed E-state index contributed by atoms with van der Waals surface area (Å²) in [6.07, 6.45) is 5.39. The molecule has 108 valence electrons. The molecule has 2 aromatic rings. The summed E-state index contributed by atoms with van der Waals surface area (Å²) in [5, 5.41) is 7.34. The topological polar surface area (TPSA) is 63.4 Å². The van der Waals surface area contributed by atoms with Gasteiger partial charge in [-0.05, 0) is 23.4 Å². The van der Waals surface area contributed by atoms with E-state index < -0.39 is 0 Å². The molecular weight excluding hydrogens is 268 g/mol.